The fourth-order valence-corrected chi connectivity index (χ4v) is 2.77. The lowest BCUT2D eigenvalue weighted by Gasteiger charge is -2.40. The van der Waals surface area contributed by atoms with E-state index in [1.54, 1.807) is 0 Å². The summed E-state index contributed by atoms with van der Waals surface area (Å²) in [5.74, 6) is 0.0931. The molecule has 90 valence electrons. The summed E-state index contributed by atoms with van der Waals surface area (Å²) in [5, 5.41) is 6.32. The molecule has 2 atom stereocenters. The van der Waals surface area contributed by atoms with Gasteiger partial charge in [0.15, 0.2) is 0 Å². The predicted molar refractivity (Wildman–Crippen MR) is 68.3 cm³/mol. The molecule has 0 saturated carbocycles. The van der Waals surface area contributed by atoms with Crippen LogP contribution in [-0.2, 0) is 4.79 Å². The van der Waals surface area contributed by atoms with Crippen LogP contribution in [0.1, 0.15) is 13.3 Å². The number of anilines is 2. The van der Waals surface area contributed by atoms with Crippen LogP contribution in [0.25, 0.3) is 0 Å². The van der Waals surface area contributed by atoms with Crippen LogP contribution >= 0.6 is 0 Å². The van der Waals surface area contributed by atoms with Crippen LogP contribution in [0.5, 0.6) is 0 Å². The number of rotatable bonds is 1. The normalized spacial score (nSPS) is 27.8. The van der Waals surface area contributed by atoms with Gasteiger partial charge in [-0.25, -0.2) is 0 Å². The molecule has 2 unspecified atom stereocenters. The summed E-state index contributed by atoms with van der Waals surface area (Å²) in [6, 6.07) is 8.38. The third kappa shape index (κ3) is 1.69. The first-order chi connectivity index (χ1) is 8.27. The van der Waals surface area contributed by atoms with Crippen molar-refractivity contribution >= 4 is 17.3 Å². The van der Waals surface area contributed by atoms with Crippen molar-refractivity contribution in [2.75, 3.05) is 23.3 Å². The molecule has 1 saturated heterocycles. The molecular formula is C13H17N3O. The number of fused-ring (bicyclic) bond motifs is 1. The van der Waals surface area contributed by atoms with Gasteiger partial charge in [-0.15, -0.1) is 0 Å². The number of nitrogens with zero attached hydrogens (tertiary/aromatic N) is 1. The van der Waals surface area contributed by atoms with Gasteiger partial charge in [-0.1, -0.05) is 12.1 Å². The van der Waals surface area contributed by atoms with E-state index in [-0.39, 0.29) is 11.9 Å². The average Bonchev–Trinajstić information content (AvgIpc) is 2.84. The third-order valence-electron chi connectivity index (χ3n) is 3.66. The summed E-state index contributed by atoms with van der Waals surface area (Å²) in [4.78, 5) is 14.2. The van der Waals surface area contributed by atoms with Crippen LogP contribution in [0.2, 0.25) is 0 Å². The van der Waals surface area contributed by atoms with E-state index in [0.717, 1.165) is 30.9 Å². The molecule has 4 nitrogen and oxygen atoms in total. The lowest BCUT2D eigenvalue weighted by Crippen LogP contribution is -2.52. The van der Waals surface area contributed by atoms with E-state index in [2.05, 4.69) is 21.6 Å². The highest BCUT2D eigenvalue weighted by molar-refractivity contribution is 6.03. The summed E-state index contributed by atoms with van der Waals surface area (Å²) in [6.07, 6.45) is 1.10. The summed E-state index contributed by atoms with van der Waals surface area (Å²) >= 11 is 0. The monoisotopic (exact) mass is 231 g/mol. The van der Waals surface area contributed by atoms with Gasteiger partial charge >= 0.3 is 0 Å². The molecule has 0 aliphatic carbocycles. The Kier molecular flexibility index (Phi) is 2.52. The molecule has 0 bridgehead atoms. The van der Waals surface area contributed by atoms with Crippen molar-refractivity contribution in [3.05, 3.63) is 24.3 Å². The Hall–Kier alpha value is -1.55. The van der Waals surface area contributed by atoms with Gasteiger partial charge in [0.2, 0.25) is 5.91 Å². The van der Waals surface area contributed by atoms with Crippen LogP contribution < -0.4 is 15.5 Å². The lowest BCUT2D eigenvalue weighted by molar-refractivity contribution is -0.117. The van der Waals surface area contributed by atoms with Crippen molar-refractivity contribution in [3.8, 4) is 0 Å². The molecule has 2 aliphatic rings. The fourth-order valence-electron chi connectivity index (χ4n) is 2.77. The molecule has 4 heteroatoms. The highest BCUT2D eigenvalue weighted by atomic mass is 16.2. The second kappa shape index (κ2) is 4.04. The number of para-hydroxylation sites is 2. The van der Waals surface area contributed by atoms with E-state index in [4.69, 9.17) is 0 Å². The summed E-state index contributed by atoms with van der Waals surface area (Å²) in [6.45, 7) is 3.98. The van der Waals surface area contributed by atoms with Gasteiger partial charge in [-0.2, -0.15) is 0 Å². The summed E-state index contributed by atoms with van der Waals surface area (Å²) < 4.78 is 0. The summed E-state index contributed by atoms with van der Waals surface area (Å²) in [5.41, 5.74) is 2.08. The van der Waals surface area contributed by atoms with Crippen molar-refractivity contribution in [2.24, 2.45) is 0 Å². The zero-order chi connectivity index (χ0) is 11.8. The van der Waals surface area contributed by atoms with Crippen LogP contribution in [-0.4, -0.2) is 31.1 Å². The van der Waals surface area contributed by atoms with Crippen molar-refractivity contribution in [3.63, 3.8) is 0 Å². The minimum Gasteiger partial charge on any atom is -0.354 e. The van der Waals surface area contributed by atoms with Crippen molar-refractivity contribution < 1.29 is 4.79 Å². The second-order valence-electron chi connectivity index (χ2n) is 4.74. The molecule has 1 aromatic carbocycles. The topological polar surface area (TPSA) is 44.4 Å². The van der Waals surface area contributed by atoms with Crippen molar-refractivity contribution in [1.29, 1.82) is 0 Å². The Labute approximate surface area is 101 Å². The number of hydrogen-bond acceptors (Lipinski definition) is 3. The molecule has 3 rings (SSSR count). The van der Waals surface area contributed by atoms with Crippen molar-refractivity contribution in [1.82, 2.24) is 5.32 Å². The molecule has 0 radical (unpaired) electrons. The first kappa shape index (κ1) is 10.6. The molecule has 2 aliphatic heterocycles. The Morgan fingerprint density at radius 3 is 2.94 bits per heavy atom. The molecule has 1 aromatic rings. The van der Waals surface area contributed by atoms with E-state index in [0.29, 0.717) is 6.04 Å². The quantitative estimate of drug-likeness (QED) is 0.763. The van der Waals surface area contributed by atoms with E-state index in [9.17, 15) is 4.79 Å². The molecule has 0 spiro atoms. The Balaban J connectivity index is 2.02. The van der Waals surface area contributed by atoms with Crippen LogP contribution in [0.3, 0.4) is 0 Å². The number of carbonyl (C=O) groups excluding carboxylic acids is 1. The van der Waals surface area contributed by atoms with Gasteiger partial charge in [0.05, 0.1) is 11.4 Å². The maximum absolute atomic E-state index is 12.0. The Morgan fingerprint density at radius 2 is 2.18 bits per heavy atom. The first-order valence-corrected chi connectivity index (χ1v) is 6.16. The highest BCUT2D eigenvalue weighted by Gasteiger charge is 2.34. The minimum atomic E-state index is -0.0881. The van der Waals surface area contributed by atoms with Crippen LogP contribution in [0, 0.1) is 0 Å². The van der Waals surface area contributed by atoms with Crippen molar-refractivity contribution in [2.45, 2.75) is 25.4 Å². The highest BCUT2D eigenvalue weighted by Crippen LogP contribution is 2.34. The number of amides is 1. The molecule has 17 heavy (non-hydrogen) atoms. The second-order valence-corrected chi connectivity index (χ2v) is 4.74. The van der Waals surface area contributed by atoms with Crippen LogP contribution in [0.15, 0.2) is 24.3 Å². The van der Waals surface area contributed by atoms with Gasteiger partial charge in [0.25, 0.3) is 0 Å². The Morgan fingerprint density at radius 1 is 1.35 bits per heavy atom. The standard InChI is InChI=1S/C13H17N3O/c1-9-13(17)15-11-4-2-3-5-12(11)16(9)10-6-7-14-8-10/h2-5,9-10,14H,6-8H2,1H3,(H,15,17). The van der Waals surface area contributed by atoms with Gasteiger partial charge in [-0.05, 0) is 32.0 Å². The van der Waals surface area contributed by atoms with E-state index < -0.39 is 0 Å². The largest absolute Gasteiger partial charge is 0.354 e. The SMILES string of the molecule is CC1C(=O)Nc2ccccc2N1C1CCNC1. The molecule has 2 N–H and O–H groups in total. The van der Waals surface area contributed by atoms with Gasteiger partial charge in [0, 0.05) is 12.6 Å². The number of hydrogen-bond donors (Lipinski definition) is 2. The lowest BCUT2D eigenvalue weighted by atomic mass is 10.0. The van der Waals surface area contributed by atoms with E-state index in [1.807, 2.05) is 25.1 Å². The maximum Gasteiger partial charge on any atom is 0.246 e. The zero-order valence-electron chi connectivity index (χ0n) is 9.94. The number of benzene rings is 1. The predicted octanol–water partition coefficient (Wildman–Crippen LogP) is 1.20. The number of carbonyl (C=O) groups is 1. The number of nitrogens with one attached hydrogen (secondary N) is 2. The maximum atomic E-state index is 12.0. The van der Waals surface area contributed by atoms with Gasteiger partial charge < -0.3 is 15.5 Å². The fraction of sp³-hybridized carbons (Fsp3) is 0.462. The molecule has 1 fully saturated rings. The Bertz CT molecular complexity index is 440. The molecule has 2 heterocycles. The minimum absolute atomic E-state index is 0.0881. The van der Waals surface area contributed by atoms with Gasteiger partial charge in [0.1, 0.15) is 6.04 Å². The zero-order valence-corrected chi connectivity index (χ0v) is 9.94. The van der Waals surface area contributed by atoms with Crippen LogP contribution in [0.4, 0.5) is 11.4 Å². The smallest absolute Gasteiger partial charge is 0.246 e. The van der Waals surface area contributed by atoms with E-state index >= 15 is 0 Å². The third-order valence-corrected chi connectivity index (χ3v) is 3.66. The van der Waals surface area contributed by atoms with Gasteiger partial charge in [-0.3, -0.25) is 4.79 Å². The van der Waals surface area contributed by atoms with E-state index in [1.165, 1.54) is 0 Å². The molecule has 1 amide bonds. The molecule has 0 aromatic heterocycles. The first-order valence-electron chi connectivity index (χ1n) is 6.16. The molecular weight excluding hydrogens is 214 g/mol. The summed E-state index contributed by atoms with van der Waals surface area (Å²) in [7, 11) is 0. The average molecular weight is 231 g/mol.